The Hall–Kier alpha value is -1.70. The molecule has 0 spiro atoms. The Morgan fingerprint density at radius 3 is 2.54 bits per heavy atom. The van der Waals surface area contributed by atoms with Crippen molar-refractivity contribution in [1.29, 1.82) is 0 Å². The van der Waals surface area contributed by atoms with Gasteiger partial charge in [0.15, 0.2) is 0 Å². The molecule has 8 heteroatoms. The highest BCUT2D eigenvalue weighted by Crippen LogP contribution is 2.24. The third-order valence-electron chi connectivity index (χ3n) is 4.89. The van der Waals surface area contributed by atoms with Crippen molar-refractivity contribution in [2.75, 3.05) is 36.4 Å². The lowest BCUT2D eigenvalue weighted by molar-refractivity contribution is 0.102. The molecule has 1 aromatic heterocycles. The SMILES string of the molecule is Cl.O=C(Nc1cnc(N2CCN3CCC2CC3)nc1)c1cccc(Br)c1. The Bertz CT molecular complexity index is 764. The van der Waals surface area contributed by atoms with Crippen molar-refractivity contribution in [2.24, 2.45) is 0 Å². The van der Waals surface area contributed by atoms with Crippen LogP contribution < -0.4 is 10.2 Å². The van der Waals surface area contributed by atoms with Gasteiger partial charge in [-0.05, 0) is 31.0 Å². The van der Waals surface area contributed by atoms with E-state index in [1.807, 2.05) is 12.1 Å². The minimum atomic E-state index is -0.168. The number of amides is 1. The summed E-state index contributed by atoms with van der Waals surface area (Å²) in [5.41, 5.74) is 1.20. The van der Waals surface area contributed by atoms with Crippen molar-refractivity contribution >= 4 is 45.9 Å². The van der Waals surface area contributed by atoms with Crippen LogP contribution in [0.2, 0.25) is 0 Å². The second-order valence-corrected chi connectivity index (χ2v) is 7.42. The lowest BCUT2D eigenvalue weighted by atomic mass is 10.1. The van der Waals surface area contributed by atoms with Crippen molar-refractivity contribution in [3.05, 3.63) is 46.7 Å². The highest BCUT2D eigenvalue weighted by Gasteiger charge is 2.30. The van der Waals surface area contributed by atoms with Crippen molar-refractivity contribution in [2.45, 2.75) is 18.9 Å². The highest BCUT2D eigenvalue weighted by molar-refractivity contribution is 9.10. The van der Waals surface area contributed by atoms with E-state index in [0.717, 1.165) is 23.5 Å². The summed E-state index contributed by atoms with van der Waals surface area (Å²) in [5, 5.41) is 2.85. The van der Waals surface area contributed by atoms with Crippen molar-refractivity contribution in [1.82, 2.24) is 14.9 Å². The maximum absolute atomic E-state index is 12.3. The summed E-state index contributed by atoms with van der Waals surface area (Å²) in [5.74, 6) is 0.591. The van der Waals surface area contributed by atoms with Crippen LogP contribution in [0.15, 0.2) is 41.1 Å². The number of carbonyl (C=O) groups is 1. The zero-order valence-corrected chi connectivity index (χ0v) is 16.7. The van der Waals surface area contributed by atoms with Gasteiger partial charge in [-0.15, -0.1) is 12.4 Å². The lowest BCUT2D eigenvalue weighted by Gasteiger charge is -2.31. The van der Waals surface area contributed by atoms with Crippen LogP contribution in [0.25, 0.3) is 0 Å². The molecule has 26 heavy (non-hydrogen) atoms. The van der Waals surface area contributed by atoms with Crippen LogP contribution in [0, 0.1) is 0 Å². The summed E-state index contributed by atoms with van der Waals surface area (Å²) in [7, 11) is 0. The van der Waals surface area contributed by atoms with E-state index >= 15 is 0 Å². The van der Waals surface area contributed by atoms with Crippen molar-refractivity contribution in [3.63, 3.8) is 0 Å². The molecule has 0 atom stereocenters. The number of piperidine rings is 1. The molecule has 2 bridgehead atoms. The molecule has 3 aliphatic heterocycles. The number of anilines is 2. The normalized spacial score (nSPS) is 21.7. The molecule has 0 radical (unpaired) electrons. The van der Waals surface area contributed by atoms with Gasteiger partial charge >= 0.3 is 0 Å². The van der Waals surface area contributed by atoms with Gasteiger partial charge in [0.25, 0.3) is 5.91 Å². The van der Waals surface area contributed by atoms with E-state index in [1.165, 1.54) is 25.9 Å². The average Bonchev–Trinajstić information content (AvgIpc) is 2.96. The van der Waals surface area contributed by atoms with Gasteiger partial charge in [0, 0.05) is 42.3 Å². The minimum Gasteiger partial charge on any atom is -0.336 e. The highest BCUT2D eigenvalue weighted by atomic mass is 79.9. The fourth-order valence-electron chi connectivity index (χ4n) is 3.52. The largest absolute Gasteiger partial charge is 0.336 e. The van der Waals surface area contributed by atoms with E-state index in [9.17, 15) is 4.79 Å². The van der Waals surface area contributed by atoms with Gasteiger partial charge < -0.3 is 15.1 Å². The van der Waals surface area contributed by atoms with E-state index < -0.39 is 0 Å². The van der Waals surface area contributed by atoms with Gasteiger partial charge in [-0.3, -0.25) is 4.79 Å². The smallest absolute Gasteiger partial charge is 0.255 e. The van der Waals surface area contributed by atoms with Crippen LogP contribution >= 0.6 is 28.3 Å². The number of nitrogens with one attached hydrogen (secondary N) is 1. The van der Waals surface area contributed by atoms with Gasteiger partial charge in [-0.2, -0.15) is 0 Å². The van der Waals surface area contributed by atoms with Crippen LogP contribution in [0.5, 0.6) is 0 Å². The average molecular weight is 439 g/mol. The molecule has 0 unspecified atom stereocenters. The number of halogens is 2. The van der Waals surface area contributed by atoms with Crippen LogP contribution in [-0.4, -0.2) is 53.0 Å². The second kappa shape index (κ2) is 8.33. The standard InChI is InChI=1S/C18H20BrN5O.ClH/c19-14-3-1-2-13(10-14)17(25)22-15-11-20-18(21-12-15)24-9-8-23-6-4-16(24)5-7-23;/h1-3,10-12,16H,4-9H2,(H,22,25);1H. The molecule has 6 nitrogen and oxygen atoms in total. The number of aromatic nitrogens is 2. The summed E-state index contributed by atoms with van der Waals surface area (Å²) in [6.45, 7) is 4.37. The third-order valence-corrected chi connectivity index (χ3v) is 5.39. The number of benzene rings is 1. The van der Waals surface area contributed by atoms with Crippen molar-refractivity contribution in [3.8, 4) is 0 Å². The second-order valence-electron chi connectivity index (χ2n) is 6.50. The number of hydrogen-bond donors (Lipinski definition) is 1. The molecule has 3 fully saturated rings. The molecule has 1 aromatic carbocycles. The lowest BCUT2D eigenvalue weighted by Crippen LogP contribution is -2.38. The number of rotatable bonds is 3. The zero-order valence-electron chi connectivity index (χ0n) is 14.3. The molecule has 1 amide bonds. The Kier molecular flexibility index (Phi) is 6.11. The number of fused-ring (bicyclic) bond motifs is 4. The zero-order chi connectivity index (χ0) is 17.2. The predicted octanol–water partition coefficient (Wildman–Crippen LogP) is 3.20. The fourth-order valence-corrected chi connectivity index (χ4v) is 3.92. The molecule has 3 aliphatic rings. The van der Waals surface area contributed by atoms with E-state index in [0.29, 0.717) is 17.3 Å². The maximum Gasteiger partial charge on any atom is 0.255 e. The van der Waals surface area contributed by atoms with Crippen molar-refractivity contribution < 1.29 is 4.79 Å². The quantitative estimate of drug-likeness (QED) is 0.797. The molecule has 5 rings (SSSR count). The van der Waals surface area contributed by atoms with Gasteiger partial charge in [-0.25, -0.2) is 9.97 Å². The third kappa shape index (κ3) is 4.16. The van der Waals surface area contributed by atoms with E-state index in [-0.39, 0.29) is 18.3 Å². The van der Waals surface area contributed by atoms with Crippen LogP contribution in [0.1, 0.15) is 23.2 Å². The molecule has 138 valence electrons. The van der Waals surface area contributed by atoms with Crippen LogP contribution in [-0.2, 0) is 0 Å². The summed E-state index contributed by atoms with van der Waals surface area (Å²) >= 11 is 3.38. The monoisotopic (exact) mass is 437 g/mol. The maximum atomic E-state index is 12.3. The molecule has 2 aromatic rings. The molecule has 0 saturated carbocycles. The first-order valence-electron chi connectivity index (χ1n) is 8.57. The summed E-state index contributed by atoms with van der Waals surface area (Å²) < 4.78 is 0.874. The Morgan fingerprint density at radius 2 is 1.85 bits per heavy atom. The number of hydrogen-bond acceptors (Lipinski definition) is 5. The van der Waals surface area contributed by atoms with Crippen LogP contribution in [0.3, 0.4) is 0 Å². The summed E-state index contributed by atoms with van der Waals surface area (Å²) in [6, 6.07) is 7.82. The van der Waals surface area contributed by atoms with E-state index in [4.69, 9.17) is 0 Å². The Balaban J connectivity index is 0.00000196. The first-order chi connectivity index (χ1) is 12.2. The first-order valence-corrected chi connectivity index (χ1v) is 9.36. The van der Waals surface area contributed by atoms with Gasteiger partial charge in [0.05, 0.1) is 18.1 Å². The van der Waals surface area contributed by atoms with E-state index in [1.54, 1.807) is 24.5 Å². The molecular formula is C18H21BrClN5O. The summed E-state index contributed by atoms with van der Waals surface area (Å²) in [4.78, 5) is 26.1. The molecule has 0 aliphatic carbocycles. The number of nitrogens with zero attached hydrogens (tertiary/aromatic N) is 4. The molecule has 3 saturated heterocycles. The van der Waals surface area contributed by atoms with Gasteiger partial charge in [0.2, 0.25) is 5.95 Å². The molecular weight excluding hydrogens is 418 g/mol. The molecule has 1 N–H and O–H groups in total. The van der Waals surface area contributed by atoms with Crippen LogP contribution in [0.4, 0.5) is 11.6 Å². The minimum absolute atomic E-state index is 0. The fraction of sp³-hybridized carbons (Fsp3) is 0.389. The summed E-state index contributed by atoms with van der Waals surface area (Å²) in [6.07, 6.45) is 5.72. The number of carbonyl (C=O) groups excluding carboxylic acids is 1. The van der Waals surface area contributed by atoms with Gasteiger partial charge in [-0.1, -0.05) is 22.0 Å². The Morgan fingerprint density at radius 1 is 1.12 bits per heavy atom. The van der Waals surface area contributed by atoms with Gasteiger partial charge in [0.1, 0.15) is 0 Å². The first kappa shape index (κ1) is 19.1. The Labute approximate surface area is 167 Å². The topological polar surface area (TPSA) is 61.4 Å². The molecule has 4 heterocycles. The predicted molar refractivity (Wildman–Crippen MR) is 108 cm³/mol. The van der Waals surface area contributed by atoms with E-state index in [2.05, 4.69) is 41.0 Å².